The first-order valence-electron chi connectivity index (χ1n) is 5.37. The van der Waals surface area contributed by atoms with Gasteiger partial charge < -0.3 is 15.2 Å². The van der Waals surface area contributed by atoms with E-state index in [0.717, 1.165) is 4.88 Å². The molecular formula is C13H15ClFNO2S. The maximum atomic E-state index is 14.0. The molecule has 19 heavy (non-hydrogen) atoms. The first kappa shape index (κ1) is 15.8. The molecule has 0 aliphatic heterocycles. The van der Waals surface area contributed by atoms with E-state index in [1.165, 1.54) is 31.6 Å². The van der Waals surface area contributed by atoms with Crippen molar-refractivity contribution < 1.29 is 13.9 Å². The average Bonchev–Trinajstić information content (AvgIpc) is 2.91. The van der Waals surface area contributed by atoms with Crippen LogP contribution < -0.4 is 15.2 Å². The van der Waals surface area contributed by atoms with Crippen LogP contribution in [0.4, 0.5) is 4.39 Å². The molecule has 0 bridgehead atoms. The van der Waals surface area contributed by atoms with Crippen molar-refractivity contribution in [3.8, 4) is 11.5 Å². The summed E-state index contributed by atoms with van der Waals surface area (Å²) < 4.78 is 24.2. The van der Waals surface area contributed by atoms with Crippen LogP contribution >= 0.6 is 23.7 Å². The molecule has 1 aromatic heterocycles. The first-order chi connectivity index (χ1) is 8.67. The van der Waals surface area contributed by atoms with Gasteiger partial charge >= 0.3 is 0 Å². The van der Waals surface area contributed by atoms with Crippen LogP contribution in [0.5, 0.6) is 11.5 Å². The lowest BCUT2D eigenvalue weighted by molar-refractivity contribution is 0.351. The second-order valence-electron chi connectivity index (χ2n) is 3.72. The molecule has 0 spiro atoms. The molecule has 0 aliphatic carbocycles. The fourth-order valence-corrected chi connectivity index (χ4v) is 2.47. The summed E-state index contributed by atoms with van der Waals surface area (Å²) >= 11 is 1.49. The van der Waals surface area contributed by atoms with Gasteiger partial charge in [0.2, 0.25) is 0 Å². The molecule has 0 saturated heterocycles. The van der Waals surface area contributed by atoms with Gasteiger partial charge in [-0.2, -0.15) is 0 Å². The lowest BCUT2D eigenvalue weighted by Crippen LogP contribution is -2.12. The van der Waals surface area contributed by atoms with Crippen molar-refractivity contribution in [2.45, 2.75) is 6.04 Å². The molecule has 0 saturated carbocycles. The van der Waals surface area contributed by atoms with Crippen LogP contribution in [0.25, 0.3) is 0 Å². The van der Waals surface area contributed by atoms with Crippen molar-refractivity contribution in [3.05, 3.63) is 45.9 Å². The van der Waals surface area contributed by atoms with E-state index in [0.29, 0.717) is 17.1 Å². The van der Waals surface area contributed by atoms with E-state index in [1.807, 2.05) is 17.5 Å². The van der Waals surface area contributed by atoms with Crippen LogP contribution in [0.3, 0.4) is 0 Å². The Hall–Kier alpha value is -1.30. The topological polar surface area (TPSA) is 44.5 Å². The summed E-state index contributed by atoms with van der Waals surface area (Å²) in [5.41, 5.74) is 6.45. The third kappa shape index (κ3) is 3.18. The molecule has 0 amide bonds. The van der Waals surface area contributed by atoms with Gasteiger partial charge in [-0.3, -0.25) is 0 Å². The van der Waals surface area contributed by atoms with Gasteiger partial charge in [0.1, 0.15) is 5.82 Å². The van der Waals surface area contributed by atoms with E-state index >= 15 is 0 Å². The number of hydrogen-bond donors (Lipinski definition) is 1. The van der Waals surface area contributed by atoms with E-state index < -0.39 is 11.9 Å². The highest BCUT2D eigenvalue weighted by Crippen LogP contribution is 2.34. The zero-order chi connectivity index (χ0) is 13.1. The van der Waals surface area contributed by atoms with Gasteiger partial charge in [0.25, 0.3) is 0 Å². The third-order valence-corrected chi connectivity index (χ3v) is 3.64. The molecule has 1 atom stereocenters. The average molecular weight is 304 g/mol. The monoisotopic (exact) mass is 303 g/mol. The van der Waals surface area contributed by atoms with E-state index in [-0.39, 0.29) is 12.4 Å². The molecule has 2 aromatic rings. The van der Waals surface area contributed by atoms with Gasteiger partial charge in [-0.05, 0) is 17.5 Å². The Labute approximate surface area is 121 Å². The minimum Gasteiger partial charge on any atom is -0.493 e. The van der Waals surface area contributed by atoms with E-state index in [9.17, 15) is 4.39 Å². The quantitative estimate of drug-likeness (QED) is 0.942. The van der Waals surface area contributed by atoms with Crippen LogP contribution in [0, 0.1) is 5.82 Å². The number of methoxy groups -OCH3 is 2. The van der Waals surface area contributed by atoms with Crippen LogP contribution in [-0.2, 0) is 0 Å². The van der Waals surface area contributed by atoms with E-state index in [4.69, 9.17) is 15.2 Å². The summed E-state index contributed by atoms with van der Waals surface area (Å²) in [7, 11) is 2.98. The van der Waals surface area contributed by atoms with Crippen LogP contribution in [-0.4, -0.2) is 14.2 Å². The number of thiophene rings is 1. The van der Waals surface area contributed by atoms with E-state index in [2.05, 4.69) is 0 Å². The number of benzene rings is 1. The highest BCUT2D eigenvalue weighted by Gasteiger charge is 2.18. The lowest BCUT2D eigenvalue weighted by atomic mass is 10.0. The smallest absolute Gasteiger partial charge is 0.163 e. The van der Waals surface area contributed by atoms with Crippen LogP contribution in [0.2, 0.25) is 0 Å². The summed E-state index contributed by atoms with van der Waals surface area (Å²) in [6.07, 6.45) is 0. The lowest BCUT2D eigenvalue weighted by Gasteiger charge is -2.15. The first-order valence-corrected chi connectivity index (χ1v) is 6.25. The Kier molecular flexibility index (Phi) is 5.60. The fourth-order valence-electron chi connectivity index (χ4n) is 1.73. The summed E-state index contributed by atoms with van der Waals surface area (Å²) in [6.45, 7) is 0. The van der Waals surface area contributed by atoms with Crippen molar-refractivity contribution in [3.63, 3.8) is 0 Å². The van der Waals surface area contributed by atoms with Crippen LogP contribution in [0.1, 0.15) is 16.5 Å². The number of rotatable bonds is 4. The molecule has 0 aliphatic rings. The normalized spacial score (nSPS) is 11.6. The molecule has 3 nitrogen and oxygen atoms in total. The highest BCUT2D eigenvalue weighted by molar-refractivity contribution is 7.10. The van der Waals surface area contributed by atoms with Gasteiger partial charge in [-0.15, -0.1) is 23.7 Å². The SMILES string of the molecule is COc1cc(F)c([C@H](N)c2cccs2)cc1OC.Cl. The minimum absolute atomic E-state index is 0. The number of halogens is 2. The summed E-state index contributed by atoms with van der Waals surface area (Å²) in [4.78, 5) is 0.904. The number of ether oxygens (including phenoxy) is 2. The van der Waals surface area contributed by atoms with Crippen molar-refractivity contribution in [2.75, 3.05) is 14.2 Å². The Morgan fingerprint density at radius 1 is 1.21 bits per heavy atom. The third-order valence-electron chi connectivity index (χ3n) is 2.69. The maximum absolute atomic E-state index is 14.0. The second-order valence-corrected chi connectivity index (χ2v) is 4.70. The predicted octanol–water partition coefficient (Wildman–Crippen LogP) is 3.37. The van der Waals surface area contributed by atoms with Crippen molar-refractivity contribution in [2.24, 2.45) is 5.73 Å². The van der Waals surface area contributed by atoms with Gasteiger partial charge in [-0.25, -0.2) is 4.39 Å². The molecule has 1 aromatic carbocycles. The largest absolute Gasteiger partial charge is 0.493 e. The fraction of sp³-hybridized carbons (Fsp3) is 0.231. The summed E-state index contributed by atoms with van der Waals surface area (Å²) in [5.74, 6) is 0.437. The Morgan fingerprint density at radius 2 is 1.84 bits per heavy atom. The van der Waals surface area contributed by atoms with Crippen molar-refractivity contribution in [1.29, 1.82) is 0 Å². The molecular weight excluding hydrogens is 289 g/mol. The molecule has 2 N–H and O–H groups in total. The Morgan fingerprint density at radius 3 is 2.37 bits per heavy atom. The molecule has 104 valence electrons. The molecule has 6 heteroatoms. The van der Waals surface area contributed by atoms with Gasteiger partial charge in [0.05, 0.1) is 20.3 Å². The zero-order valence-corrected chi connectivity index (χ0v) is 12.2. The maximum Gasteiger partial charge on any atom is 0.163 e. The second kappa shape index (κ2) is 6.75. The van der Waals surface area contributed by atoms with Crippen molar-refractivity contribution in [1.82, 2.24) is 0 Å². The van der Waals surface area contributed by atoms with Gasteiger partial charge in [-0.1, -0.05) is 6.07 Å². The zero-order valence-electron chi connectivity index (χ0n) is 10.6. The summed E-state index contributed by atoms with van der Waals surface area (Å²) in [6, 6.07) is 6.15. The Bertz CT molecular complexity index is 534. The van der Waals surface area contributed by atoms with Gasteiger partial charge in [0, 0.05) is 16.5 Å². The predicted molar refractivity (Wildman–Crippen MR) is 77.1 cm³/mol. The minimum atomic E-state index is -0.496. The standard InChI is InChI=1S/C13H14FNO2S.ClH/c1-16-10-6-8(9(14)7-11(10)17-2)13(15)12-4-3-5-18-12;/h3-7,13H,15H2,1-2H3;1H/t13-;/m0./s1. The number of nitrogens with two attached hydrogens (primary N) is 1. The molecule has 1 heterocycles. The van der Waals surface area contributed by atoms with Crippen LogP contribution in [0.15, 0.2) is 29.6 Å². The molecule has 0 unspecified atom stereocenters. The Balaban J connectivity index is 0.00000180. The van der Waals surface area contributed by atoms with E-state index in [1.54, 1.807) is 6.07 Å². The number of hydrogen-bond acceptors (Lipinski definition) is 4. The molecule has 2 rings (SSSR count). The van der Waals surface area contributed by atoms with Crippen molar-refractivity contribution >= 4 is 23.7 Å². The molecule has 0 fully saturated rings. The summed E-state index contributed by atoms with van der Waals surface area (Å²) in [5, 5.41) is 1.91. The van der Waals surface area contributed by atoms with Gasteiger partial charge in [0.15, 0.2) is 11.5 Å². The highest BCUT2D eigenvalue weighted by atomic mass is 35.5. The molecule has 0 radical (unpaired) electrons.